The van der Waals surface area contributed by atoms with Crippen molar-refractivity contribution in [3.05, 3.63) is 23.2 Å². The van der Waals surface area contributed by atoms with Crippen molar-refractivity contribution >= 4 is 17.7 Å². The lowest BCUT2D eigenvalue weighted by Crippen LogP contribution is -2.55. The second-order valence-corrected chi connectivity index (χ2v) is 7.64. The number of hydrogen-bond acceptors (Lipinski definition) is 5. The lowest BCUT2D eigenvalue weighted by Gasteiger charge is -2.41. The first kappa shape index (κ1) is 16.5. The Labute approximate surface area is 141 Å². The summed E-state index contributed by atoms with van der Waals surface area (Å²) in [5.41, 5.74) is 0.602. The number of piperazine rings is 1. The topological polar surface area (TPSA) is 58.6 Å². The number of rotatable bonds is 2. The number of ether oxygens (including phenoxy) is 1. The van der Waals surface area contributed by atoms with Crippen molar-refractivity contribution in [1.82, 2.24) is 19.8 Å². The van der Waals surface area contributed by atoms with Crippen LogP contribution in [0.5, 0.6) is 0 Å². The molecule has 1 amide bonds. The van der Waals surface area contributed by atoms with E-state index in [1.54, 1.807) is 12.4 Å². The Morgan fingerprint density at radius 3 is 2.35 bits per heavy atom. The molecular weight excluding hydrogens is 316 g/mol. The molecule has 23 heavy (non-hydrogen) atoms. The lowest BCUT2D eigenvalue weighted by molar-refractivity contribution is -0.000153. The minimum absolute atomic E-state index is 0.205. The molecule has 2 fully saturated rings. The number of carbonyl (C=O) groups is 1. The Hall–Kier alpha value is -1.40. The maximum absolute atomic E-state index is 12.3. The van der Waals surface area contributed by atoms with Gasteiger partial charge in [-0.15, -0.1) is 0 Å². The molecule has 126 valence electrons. The van der Waals surface area contributed by atoms with Gasteiger partial charge in [-0.05, 0) is 45.2 Å². The predicted molar refractivity (Wildman–Crippen MR) is 87.2 cm³/mol. The second-order valence-electron chi connectivity index (χ2n) is 7.30. The highest BCUT2D eigenvalue weighted by molar-refractivity contribution is 6.28. The van der Waals surface area contributed by atoms with E-state index in [9.17, 15) is 4.79 Å². The lowest BCUT2D eigenvalue weighted by atomic mass is 10.1. The fraction of sp³-hybridized carbons (Fsp3) is 0.688. The minimum Gasteiger partial charge on any atom is -0.444 e. The first-order chi connectivity index (χ1) is 10.8. The highest BCUT2D eigenvalue weighted by Crippen LogP contribution is 2.32. The molecule has 2 aliphatic rings. The SMILES string of the molecule is CC(C)(C)OC(=O)N1CC2CCC(C1)N2Cc1cnc(Cl)nc1. The summed E-state index contributed by atoms with van der Waals surface area (Å²) in [5, 5.41) is 0.270. The molecule has 2 unspecified atom stereocenters. The van der Waals surface area contributed by atoms with Gasteiger partial charge < -0.3 is 9.64 Å². The zero-order valence-electron chi connectivity index (χ0n) is 13.8. The summed E-state index contributed by atoms with van der Waals surface area (Å²) in [6, 6.07) is 0.744. The van der Waals surface area contributed by atoms with Gasteiger partial charge in [0, 0.05) is 49.7 Å². The minimum atomic E-state index is -0.450. The normalized spacial score (nSPS) is 24.8. The molecule has 0 radical (unpaired) electrons. The molecule has 0 aliphatic carbocycles. The molecule has 6 nitrogen and oxygen atoms in total. The van der Waals surface area contributed by atoms with E-state index in [-0.39, 0.29) is 11.4 Å². The van der Waals surface area contributed by atoms with Crippen LogP contribution < -0.4 is 0 Å². The molecule has 7 heteroatoms. The molecule has 2 atom stereocenters. The summed E-state index contributed by atoms with van der Waals surface area (Å²) in [6.45, 7) is 7.94. The van der Waals surface area contributed by atoms with Gasteiger partial charge in [-0.2, -0.15) is 0 Å². The van der Waals surface area contributed by atoms with E-state index in [0.29, 0.717) is 12.1 Å². The molecule has 2 saturated heterocycles. The highest BCUT2D eigenvalue weighted by atomic mass is 35.5. The van der Waals surface area contributed by atoms with Crippen LogP contribution in [0.1, 0.15) is 39.2 Å². The molecule has 0 aromatic carbocycles. The predicted octanol–water partition coefficient (Wildman–Crippen LogP) is 2.71. The third-order valence-electron chi connectivity index (χ3n) is 4.32. The van der Waals surface area contributed by atoms with Crippen molar-refractivity contribution in [3.8, 4) is 0 Å². The van der Waals surface area contributed by atoms with Gasteiger partial charge in [-0.1, -0.05) is 0 Å². The molecule has 0 N–H and O–H groups in total. The number of likely N-dealkylation sites (tertiary alicyclic amines) is 1. The van der Waals surface area contributed by atoms with Crippen molar-refractivity contribution in [2.45, 2.75) is 57.8 Å². The average Bonchev–Trinajstić information content (AvgIpc) is 2.69. The van der Waals surface area contributed by atoms with Crippen molar-refractivity contribution in [3.63, 3.8) is 0 Å². The van der Waals surface area contributed by atoms with Crippen LogP contribution in [-0.2, 0) is 11.3 Å². The van der Waals surface area contributed by atoms with Gasteiger partial charge in [0.2, 0.25) is 5.28 Å². The standard InChI is InChI=1S/C16H23ClN4O2/c1-16(2,3)23-15(22)20-9-12-4-5-13(10-20)21(12)8-11-6-18-14(17)19-7-11/h6-7,12-13H,4-5,8-10H2,1-3H3. The van der Waals surface area contributed by atoms with E-state index in [4.69, 9.17) is 16.3 Å². The number of amides is 1. The summed E-state index contributed by atoms with van der Waals surface area (Å²) in [4.78, 5) is 24.7. The highest BCUT2D eigenvalue weighted by Gasteiger charge is 2.42. The Balaban J connectivity index is 1.63. The Morgan fingerprint density at radius 2 is 1.83 bits per heavy atom. The van der Waals surface area contributed by atoms with Crippen molar-refractivity contribution < 1.29 is 9.53 Å². The summed E-state index contributed by atoms with van der Waals surface area (Å²) in [5.74, 6) is 0. The van der Waals surface area contributed by atoms with Gasteiger partial charge in [0.05, 0.1) is 0 Å². The van der Waals surface area contributed by atoms with E-state index in [0.717, 1.165) is 38.0 Å². The largest absolute Gasteiger partial charge is 0.444 e. The van der Waals surface area contributed by atoms with E-state index in [1.165, 1.54) is 0 Å². The van der Waals surface area contributed by atoms with Crippen molar-refractivity contribution in [2.75, 3.05) is 13.1 Å². The summed E-state index contributed by atoms with van der Waals surface area (Å²) in [7, 11) is 0. The number of nitrogens with zero attached hydrogens (tertiary/aromatic N) is 4. The third kappa shape index (κ3) is 3.93. The molecule has 3 heterocycles. The molecule has 1 aromatic rings. The van der Waals surface area contributed by atoms with Crippen molar-refractivity contribution in [1.29, 1.82) is 0 Å². The first-order valence-corrected chi connectivity index (χ1v) is 8.40. The van der Waals surface area contributed by atoms with Crippen LogP contribution in [0.2, 0.25) is 5.28 Å². The van der Waals surface area contributed by atoms with Gasteiger partial charge in [-0.3, -0.25) is 4.90 Å². The van der Waals surface area contributed by atoms with Gasteiger partial charge in [-0.25, -0.2) is 14.8 Å². The number of halogens is 1. The van der Waals surface area contributed by atoms with Crippen LogP contribution in [0.4, 0.5) is 4.79 Å². The number of carbonyl (C=O) groups excluding carboxylic acids is 1. The molecule has 3 rings (SSSR count). The van der Waals surface area contributed by atoms with E-state index >= 15 is 0 Å². The summed E-state index contributed by atoms with van der Waals surface area (Å²) >= 11 is 5.74. The molecule has 0 spiro atoms. The van der Waals surface area contributed by atoms with Crippen LogP contribution in [0, 0.1) is 0 Å². The summed E-state index contributed by atoms with van der Waals surface area (Å²) in [6.07, 6.45) is 5.56. The van der Waals surface area contributed by atoms with Gasteiger partial charge in [0.25, 0.3) is 0 Å². The van der Waals surface area contributed by atoms with E-state index in [1.807, 2.05) is 25.7 Å². The molecule has 2 bridgehead atoms. The third-order valence-corrected chi connectivity index (χ3v) is 4.52. The molecule has 1 aromatic heterocycles. The maximum Gasteiger partial charge on any atom is 0.410 e. The Kier molecular flexibility index (Phi) is 4.47. The van der Waals surface area contributed by atoms with Crippen LogP contribution >= 0.6 is 11.6 Å². The number of hydrogen-bond donors (Lipinski definition) is 0. The Morgan fingerprint density at radius 1 is 1.26 bits per heavy atom. The van der Waals surface area contributed by atoms with E-state index < -0.39 is 5.60 Å². The van der Waals surface area contributed by atoms with Gasteiger partial charge in [0.15, 0.2) is 0 Å². The average molecular weight is 339 g/mol. The fourth-order valence-corrected chi connectivity index (χ4v) is 3.45. The monoisotopic (exact) mass is 338 g/mol. The molecular formula is C16H23ClN4O2. The maximum atomic E-state index is 12.3. The van der Waals surface area contributed by atoms with Gasteiger partial charge >= 0.3 is 6.09 Å². The second kappa shape index (κ2) is 6.24. The number of aromatic nitrogens is 2. The molecule has 2 aliphatic heterocycles. The Bertz CT molecular complexity index is 558. The zero-order valence-corrected chi connectivity index (χ0v) is 14.6. The van der Waals surface area contributed by atoms with Gasteiger partial charge in [0.1, 0.15) is 5.60 Å². The first-order valence-electron chi connectivity index (χ1n) is 8.02. The quantitative estimate of drug-likeness (QED) is 0.776. The van der Waals surface area contributed by atoms with Crippen LogP contribution in [0.15, 0.2) is 12.4 Å². The molecule has 0 saturated carbocycles. The van der Waals surface area contributed by atoms with Crippen molar-refractivity contribution in [2.24, 2.45) is 0 Å². The fourth-order valence-electron chi connectivity index (χ4n) is 3.36. The smallest absolute Gasteiger partial charge is 0.410 e. The number of fused-ring (bicyclic) bond motifs is 2. The zero-order chi connectivity index (χ0) is 16.6. The van der Waals surface area contributed by atoms with Crippen LogP contribution in [0.3, 0.4) is 0 Å². The van der Waals surface area contributed by atoms with Crippen LogP contribution in [-0.4, -0.2) is 56.6 Å². The summed E-state index contributed by atoms with van der Waals surface area (Å²) < 4.78 is 5.50. The van der Waals surface area contributed by atoms with E-state index in [2.05, 4.69) is 14.9 Å². The van der Waals surface area contributed by atoms with Crippen LogP contribution in [0.25, 0.3) is 0 Å².